The number of fused-ring (bicyclic) bond motifs is 1. The summed E-state index contributed by atoms with van der Waals surface area (Å²) in [6, 6.07) is 0. The van der Waals surface area contributed by atoms with Crippen molar-refractivity contribution in [2.24, 2.45) is 5.92 Å². The highest BCUT2D eigenvalue weighted by atomic mass is 16.2. The van der Waals surface area contributed by atoms with Crippen molar-refractivity contribution in [3.63, 3.8) is 0 Å². The fraction of sp³-hybridized carbons (Fsp3) is 0.562. The summed E-state index contributed by atoms with van der Waals surface area (Å²) >= 11 is 0. The Morgan fingerprint density at radius 3 is 2.73 bits per heavy atom. The lowest BCUT2D eigenvalue weighted by Crippen LogP contribution is -2.26. The van der Waals surface area contributed by atoms with Gasteiger partial charge in [0.05, 0.1) is 5.52 Å². The second-order valence-electron chi connectivity index (χ2n) is 6.13. The van der Waals surface area contributed by atoms with Crippen LogP contribution < -0.4 is 11.1 Å². The number of nitrogens with two attached hydrogens (primary N) is 1. The fourth-order valence-corrected chi connectivity index (χ4v) is 2.82. The number of hydrogen-bond donors (Lipinski definition) is 2. The Kier molecular flexibility index (Phi) is 3.76. The monoisotopic (exact) mass is 301 g/mol. The molecule has 1 aliphatic carbocycles. The summed E-state index contributed by atoms with van der Waals surface area (Å²) in [6.07, 6.45) is 2.97. The van der Waals surface area contributed by atoms with Crippen molar-refractivity contribution in [3.05, 3.63) is 17.1 Å². The minimum absolute atomic E-state index is 0.202. The predicted octanol–water partition coefficient (Wildman–Crippen LogP) is 1.86. The second-order valence-corrected chi connectivity index (χ2v) is 6.13. The van der Waals surface area contributed by atoms with Gasteiger partial charge in [-0.1, -0.05) is 0 Å². The molecule has 2 aromatic rings. The Morgan fingerprint density at radius 1 is 1.32 bits per heavy atom. The Bertz CT molecular complexity index is 730. The molecular weight excluding hydrogens is 278 g/mol. The average Bonchev–Trinajstić information content (AvgIpc) is 3.26. The first-order valence-electron chi connectivity index (χ1n) is 7.86. The predicted molar refractivity (Wildman–Crippen MR) is 86.5 cm³/mol. The lowest BCUT2D eigenvalue weighted by Gasteiger charge is -2.11. The zero-order chi connectivity index (χ0) is 15.9. The van der Waals surface area contributed by atoms with E-state index in [1.54, 1.807) is 0 Å². The second kappa shape index (κ2) is 5.59. The summed E-state index contributed by atoms with van der Waals surface area (Å²) < 4.78 is 2.18. The fourth-order valence-electron chi connectivity index (χ4n) is 2.82. The SMILES string of the molecule is Cc1nc(N)c2nc(C)n(CCCNC(=O)C3CC3)c2c1C. The summed E-state index contributed by atoms with van der Waals surface area (Å²) in [7, 11) is 0. The van der Waals surface area contributed by atoms with Crippen LogP contribution >= 0.6 is 0 Å². The standard InChI is InChI=1S/C16H23N5O/c1-9-10(2)19-15(17)13-14(9)21(11(3)20-13)8-4-7-18-16(22)12-5-6-12/h12H,4-8H2,1-3H3,(H2,17,19)(H,18,22). The summed E-state index contributed by atoms with van der Waals surface area (Å²) in [5.74, 6) is 1.90. The zero-order valence-electron chi connectivity index (χ0n) is 13.4. The van der Waals surface area contributed by atoms with E-state index >= 15 is 0 Å². The van der Waals surface area contributed by atoms with E-state index < -0.39 is 0 Å². The number of pyridine rings is 1. The molecule has 0 radical (unpaired) electrons. The lowest BCUT2D eigenvalue weighted by atomic mass is 10.2. The van der Waals surface area contributed by atoms with Gasteiger partial charge in [-0.05, 0) is 45.6 Å². The number of nitrogen functional groups attached to an aromatic ring is 1. The zero-order valence-corrected chi connectivity index (χ0v) is 13.4. The molecule has 2 heterocycles. The maximum Gasteiger partial charge on any atom is 0.223 e. The summed E-state index contributed by atoms with van der Waals surface area (Å²) in [5.41, 5.74) is 9.90. The van der Waals surface area contributed by atoms with Crippen LogP contribution in [-0.2, 0) is 11.3 Å². The molecule has 0 spiro atoms. The van der Waals surface area contributed by atoms with Crippen molar-refractivity contribution in [1.82, 2.24) is 19.9 Å². The first-order chi connectivity index (χ1) is 10.5. The van der Waals surface area contributed by atoms with E-state index in [2.05, 4.69) is 26.8 Å². The number of hydrogen-bond acceptors (Lipinski definition) is 4. The Morgan fingerprint density at radius 2 is 2.05 bits per heavy atom. The van der Waals surface area contributed by atoms with Crippen LogP contribution in [0.5, 0.6) is 0 Å². The van der Waals surface area contributed by atoms with E-state index in [1.807, 2.05) is 13.8 Å². The van der Waals surface area contributed by atoms with Gasteiger partial charge in [-0.3, -0.25) is 4.79 Å². The van der Waals surface area contributed by atoms with Crippen molar-refractivity contribution in [3.8, 4) is 0 Å². The summed E-state index contributed by atoms with van der Waals surface area (Å²) in [4.78, 5) is 20.5. The molecule has 0 unspecified atom stereocenters. The van der Waals surface area contributed by atoms with Gasteiger partial charge in [-0.25, -0.2) is 9.97 Å². The van der Waals surface area contributed by atoms with Crippen molar-refractivity contribution >= 4 is 22.8 Å². The van der Waals surface area contributed by atoms with Crippen molar-refractivity contribution in [2.45, 2.75) is 46.6 Å². The molecule has 1 saturated carbocycles. The first-order valence-corrected chi connectivity index (χ1v) is 7.86. The van der Waals surface area contributed by atoms with Gasteiger partial charge in [0, 0.05) is 24.7 Å². The molecule has 118 valence electrons. The third-order valence-corrected chi connectivity index (χ3v) is 4.39. The van der Waals surface area contributed by atoms with Crippen molar-refractivity contribution < 1.29 is 4.79 Å². The lowest BCUT2D eigenvalue weighted by molar-refractivity contribution is -0.122. The van der Waals surface area contributed by atoms with Gasteiger partial charge < -0.3 is 15.6 Å². The number of amides is 1. The largest absolute Gasteiger partial charge is 0.382 e. The minimum atomic E-state index is 0.202. The highest BCUT2D eigenvalue weighted by molar-refractivity contribution is 5.88. The Hall–Kier alpha value is -2.11. The molecule has 6 nitrogen and oxygen atoms in total. The van der Waals surface area contributed by atoms with Crippen molar-refractivity contribution in [2.75, 3.05) is 12.3 Å². The Balaban J connectivity index is 1.75. The Labute approximate surface area is 130 Å². The van der Waals surface area contributed by atoms with Crippen molar-refractivity contribution in [1.29, 1.82) is 0 Å². The number of carbonyl (C=O) groups excluding carboxylic acids is 1. The van der Waals surface area contributed by atoms with E-state index in [9.17, 15) is 4.79 Å². The van der Waals surface area contributed by atoms with E-state index in [0.29, 0.717) is 12.4 Å². The van der Waals surface area contributed by atoms with Gasteiger partial charge in [0.1, 0.15) is 11.3 Å². The molecule has 6 heteroatoms. The number of aromatic nitrogens is 3. The quantitative estimate of drug-likeness (QED) is 0.825. The number of nitrogens with one attached hydrogen (secondary N) is 1. The van der Waals surface area contributed by atoms with Crippen LogP contribution in [0, 0.1) is 26.7 Å². The molecule has 0 bridgehead atoms. The van der Waals surface area contributed by atoms with Crippen LogP contribution in [0.2, 0.25) is 0 Å². The van der Waals surface area contributed by atoms with Crippen LogP contribution in [0.3, 0.4) is 0 Å². The van der Waals surface area contributed by atoms with E-state index in [1.165, 1.54) is 0 Å². The van der Waals surface area contributed by atoms with Gasteiger partial charge in [0.15, 0.2) is 5.82 Å². The molecule has 0 atom stereocenters. The maximum absolute atomic E-state index is 11.6. The maximum atomic E-state index is 11.6. The molecule has 0 saturated heterocycles. The minimum Gasteiger partial charge on any atom is -0.382 e. The third-order valence-electron chi connectivity index (χ3n) is 4.39. The molecule has 0 aromatic carbocycles. The number of anilines is 1. The van der Waals surface area contributed by atoms with Crippen LogP contribution in [-0.4, -0.2) is 27.0 Å². The molecule has 1 aliphatic rings. The van der Waals surface area contributed by atoms with Crippen LogP contribution in [0.25, 0.3) is 11.0 Å². The number of aryl methyl sites for hydroxylation is 4. The summed E-state index contributed by atoms with van der Waals surface area (Å²) in [5, 5.41) is 3.00. The molecule has 0 aliphatic heterocycles. The average molecular weight is 301 g/mol. The molecule has 3 rings (SSSR count). The van der Waals surface area contributed by atoms with E-state index in [4.69, 9.17) is 5.73 Å². The van der Waals surface area contributed by atoms with Crippen LogP contribution in [0.15, 0.2) is 0 Å². The van der Waals surface area contributed by atoms with E-state index in [0.717, 1.165) is 53.9 Å². The molecule has 1 fully saturated rings. The molecule has 22 heavy (non-hydrogen) atoms. The number of nitrogens with zero attached hydrogens (tertiary/aromatic N) is 3. The summed E-state index contributed by atoms with van der Waals surface area (Å²) in [6.45, 7) is 7.52. The highest BCUT2D eigenvalue weighted by Crippen LogP contribution is 2.28. The topological polar surface area (TPSA) is 85.8 Å². The van der Waals surface area contributed by atoms with Gasteiger partial charge >= 0.3 is 0 Å². The smallest absolute Gasteiger partial charge is 0.223 e. The first kappa shape index (κ1) is 14.8. The van der Waals surface area contributed by atoms with E-state index in [-0.39, 0.29) is 11.8 Å². The molecular formula is C16H23N5O. The van der Waals surface area contributed by atoms with Gasteiger partial charge in [0.2, 0.25) is 5.91 Å². The van der Waals surface area contributed by atoms with Gasteiger partial charge in [-0.15, -0.1) is 0 Å². The number of imidazole rings is 1. The van der Waals surface area contributed by atoms with Crippen LogP contribution in [0.1, 0.15) is 36.3 Å². The third kappa shape index (κ3) is 2.65. The highest BCUT2D eigenvalue weighted by Gasteiger charge is 2.29. The number of rotatable bonds is 5. The van der Waals surface area contributed by atoms with Crippen LogP contribution in [0.4, 0.5) is 5.82 Å². The normalized spacial score (nSPS) is 14.5. The molecule has 2 aromatic heterocycles. The number of carbonyl (C=O) groups is 1. The molecule has 3 N–H and O–H groups in total. The van der Waals surface area contributed by atoms with Gasteiger partial charge in [-0.2, -0.15) is 0 Å². The van der Waals surface area contributed by atoms with Gasteiger partial charge in [0.25, 0.3) is 0 Å². The molecule has 1 amide bonds.